The molecule has 14 rings (SSSR count). The fourth-order valence-corrected chi connectivity index (χ4v) is 10.4. The zero-order chi connectivity index (χ0) is 45.4. The molecule has 0 spiro atoms. The summed E-state index contributed by atoms with van der Waals surface area (Å²) in [5, 5.41) is 17.4. The van der Waals surface area contributed by atoms with Crippen molar-refractivity contribution < 1.29 is 51.3 Å². The Kier molecular flexibility index (Phi) is 11.1. The molecule has 2 aliphatic carbocycles. The van der Waals surface area contributed by atoms with Crippen molar-refractivity contribution in [2.75, 3.05) is 14.1 Å². The summed E-state index contributed by atoms with van der Waals surface area (Å²) < 4.78 is 7.75. The van der Waals surface area contributed by atoms with Crippen LogP contribution in [0.3, 0.4) is 0 Å². The maximum atomic E-state index is 4.59. The molecule has 0 saturated carbocycles. The van der Waals surface area contributed by atoms with Gasteiger partial charge >= 0.3 is 77.2 Å². The van der Waals surface area contributed by atoms with Crippen LogP contribution in [-0.2, 0) is 53.0 Å². The molecule has 0 radical (unpaired) electrons. The molecule has 0 bridgehead atoms. The first-order valence-electron chi connectivity index (χ1n) is 21.8. The van der Waals surface area contributed by atoms with Crippen molar-refractivity contribution in [3.8, 4) is 22.3 Å². The number of hydrogen-bond donors (Lipinski definition) is 0. The molecule has 14 nitrogen and oxygen atoms in total. The average Bonchev–Trinajstić information content (AvgIpc) is 4.28. The van der Waals surface area contributed by atoms with Crippen LogP contribution in [0.4, 0.5) is 34.4 Å². The van der Waals surface area contributed by atoms with E-state index >= 15 is 0 Å². The van der Waals surface area contributed by atoms with E-state index in [4.69, 9.17) is 0 Å². The van der Waals surface area contributed by atoms with Crippen molar-refractivity contribution >= 4 is 46.4 Å². The predicted molar refractivity (Wildman–Crippen MR) is 252 cm³/mol. The number of pyridine rings is 6. The normalized spacial score (nSPS) is 14.3. The van der Waals surface area contributed by atoms with Gasteiger partial charge in [-0.05, 0) is 80.9 Å². The van der Waals surface area contributed by atoms with Crippen LogP contribution in [0.1, 0.15) is 44.8 Å². The molecule has 8 aromatic heterocycles. The Hall–Kier alpha value is -8.10. The first-order chi connectivity index (χ1) is 33.6. The van der Waals surface area contributed by atoms with E-state index in [-0.39, 0.29) is 42.1 Å². The topological polar surface area (TPSA) is 143 Å². The number of hydrogen-bond acceptors (Lipinski definition) is 8. The molecule has 70 heavy (non-hydrogen) atoms. The molecule has 2 aliphatic heterocycles. The van der Waals surface area contributed by atoms with Crippen LogP contribution >= 0.6 is 0 Å². The number of rotatable bonds is 6. The monoisotopic (exact) mass is 1270 g/mol. The Morgan fingerprint density at radius 1 is 0.457 bits per heavy atom. The minimum absolute atomic E-state index is 0. The van der Waals surface area contributed by atoms with Crippen molar-refractivity contribution in [3.63, 3.8) is 0 Å². The molecule has 0 saturated heterocycles. The molecule has 10 aromatic rings. The molecule has 0 atom stereocenters. The summed E-state index contributed by atoms with van der Waals surface area (Å²) in [6.45, 7) is 0. The summed E-state index contributed by atoms with van der Waals surface area (Å²) in [5.74, 6) is 1.63. The molecule has 10 heterocycles. The third-order valence-corrected chi connectivity index (χ3v) is 13.2. The SMILES string of the molecule is C[N+]1=C=[N+](c2[c-]c(C3(c4cc[n-]n4)c4cnccc4-c4ccncc43)ccc2)c2ncccc21.C[N+]1=C=[N+](c2[c-]c(C3(c4cc[n-]n4)c4cnccc4-c4ccncc43)ccc2)c2ncccc21.[Pt+2].[Pt+2]. The Morgan fingerprint density at radius 3 is 1.20 bits per heavy atom. The van der Waals surface area contributed by atoms with Crippen LogP contribution < -0.4 is 19.3 Å². The minimum Gasteiger partial charge on any atom is -0.581 e. The molecule has 336 valence electrons. The van der Waals surface area contributed by atoms with Crippen molar-refractivity contribution in [2.24, 2.45) is 0 Å². The molecule has 4 aliphatic rings. The molecule has 0 N–H and O–H groups in total. The van der Waals surface area contributed by atoms with E-state index < -0.39 is 10.8 Å². The standard InChI is InChI=1S/2C27H17N7.2Pt/c2*1-33-17-34(26-24(33)6-3-10-30-26)19-5-2-4-18(14-19)27(25-9-13-31-32-25)22-15-28-11-7-20(22)21-8-12-29-16-23(21)27;;/h2*2-13,15-16H,1H3;;/q;;2*+2. The first kappa shape index (κ1) is 44.4. The summed E-state index contributed by atoms with van der Waals surface area (Å²) in [4.78, 5) is 27.1. The van der Waals surface area contributed by atoms with Crippen molar-refractivity contribution in [1.82, 2.24) is 59.4 Å². The van der Waals surface area contributed by atoms with Crippen LogP contribution in [0.15, 0.2) is 171 Å². The van der Waals surface area contributed by atoms with Gasteiger partial charge in [0, 0.05) is 85.5 Å². The fourth-order valence-electron chi connectivity index (χ4n) is 10.4. The summed E-state index contributed by atoms with van der Waals surface area (Å²) in [5.41, 5.74) is 14.3. The predicted octanol–water partition coefficient (Wildman–Crippen LogP) is 7.36. The second kappa shape index (κ2) is 17.4. The van der Waals surface area contributed by atoms with Gasteiger partial charge in [-0.2, -0.15) is 46.6 Å². The molecule has 0 amide bonds. The van der Waals surface area contributed by atoms with Crippen LogP contribution in [0.5, 0.6) is 0 Å². The van der Waals surface area contributed by atoms with Crippen LogP contribution in [0, 0.1) is 12.1 Å². The van der Waals surface area contributed by atoms with Crippen molar-refractivity contribution in [3.05, 3.63) is 228 Å². The van der Waals surface area contributed by atoms with E-state index in [9.17, 15) is 0 Å². The number of fused-ring (bicyclic) bond motifs is 8. The first-order valence-corrected chi connectivity index (χ1v) is 21.8. The van der Waals surface area contributed by atoms with Gasteiger partial charge in [-0.25, -0.2) is 0 Å². The van der Waals surface area contributed by atoms with Gasteiger partial charge in [0.25, 0.3) is 0 Å². The maximum absolute atomic E-state index is 4.59. The third kappa shape index (κ3) is 6.42. The van der Waals surface area contributed by atoms with E-state index in [0.29, 0.717) is 0 Å². The van der Waals surface area contributed by atoms with Gasteiger partial charge in [-0.3, -0.25) is 19.9 Å². The van der Waals surface area contributed by atoms with Gasteiger partial charge in [0.05, 0.1) is 10.8 Å². The van der Waals surface area contributed by atoms with Gasteiger partial charge in [0.1, 0.15) is 11.4 Å². The Balaban J connectivity index is 0.000000148. The molecule has 16 heteroatoms. The second-order valence-corrected chi connectivity index (χ2v) is 16.6. The maximum Gasteiger partial charge on any atom is 2.00 e. The molecular weight excluding hydrogens is 1230 g/mol. The quantitative estimate of drug-likeness (QED) is 0.122. The third-order valence-electron chi connectivity index (χ3n) is 13.2. The van der Waals surface area contributed by atoms with Gasteiger partial charge in [-0.15, -0.1) is 23.3 Å². The van der Waals surface area contributed by atoms with E-state index in [2.05, 4.69) is 86.6 Å². The van der Waals surface area contributed by atoms with Crippen molar-refractivity contribution in [1.29, 1.82) is 0 Å². The minimum atomic E-state index is -0.738. The molecule has 2 aromatic carbocycles. The smallest absolute Gasteiger partial charge is 0.581 e. The molecule has 0 unspecified atom stereocenters. The Bertz CT molecular complexity index is 3490. The number of nitrogens with zero attached hydrogens (tertiary/aromatic N) is 14. The van der Waals surface area contributed by atoms with Crippen LogP contribution in [-0.4, -0.2) is 75.4 Å². The number of benzene rings is 2. The van der Waals surface area contributed by atoms with Gasteiger partial charge < -0.3 is 20.4 Å². The summed E-state index contributed by atoms with van der Waals surface area (Å²) in [7, 11) is 3.93. The molecular formula is C54H34N14Pt2+4. The fraction of sp³-hybridized carbons (Fsp3) is 0.0741. The van der Waals surface area contributed by atoms with Crippen LogP contribution in [0.2, 0.25) is 0 Å². The van der Waals surface area contributed by atoms with E-state index in [1.807, 2.05) is 167 Å². The van der Waals surface area contributed by atoms with E-state index in [1.165, 1.54) is 0 Å². The van der Waals surface area contributed by atoms with Gasteiger partial charge in [0.15, 0.2) is 14.1 Å². The second-order valence-electron chi connectivity index (χ2n) is 16.6. The Labute approximate surface area is 429 Å². The Morgan fingerprint density at radius 2 is 0.843 bits per heavy atom. The zero-order valence-electron chi connectivity index (χ0n) is 37.1. The summed E-state index contributed by atoms with van der Waals surface area (Å²) in [6.07, 6.45) is 22.0. The average molecular weight is 1270 g/mol. The van der Waals surface area contributed by atoms with Gasteiger partial charge in [-0.1, -0.05) is 42.6 Å². The zero-order valence-corrected chi connectivity index (χ0v) is 41.6. The number of aromatic nitrogens is 10. The summed E-state index contributed by atoms with van der Waals surface area (Å²) in [6, 6.07) is 46.3. The van der Waals surface area contributed by atoms with E-state index in [1.54, 1.807) is 24.8 Å². The summed E-state index contributed by atoms with van der Waals surface area (Å²) >= 11 is 0. The van der Waals surface area contributed by atoms with Crippen LogP contribution in [0.25, 0.3) is 22.3 Å². The molecule has 0 fully saturated rings. The van der Waals surface area contributed by atoms with E-state index in [0.717, 1.165) is 101 Å². The van der Waals surface area contributed by atoms with Crippen molar-refractivity contribution in [2.45, 2.75) is 10.8 Å². The largest absolute Gasteiger partial charge is 2.00 e. The van der Waals surface area contributed by atoms with Gasteiger partial charge in [0.2, 0.25) is 0 Å².